The Hall–Kier alpha value is -2.15. The van der Waals surface area contributed by atoms with Crippen molar-refractivity contribution in [3.05, 3.63) is 54.0 Å². The monoisotopic (exact) mass is 417 g/mol. The molecule has 158 valence electrons. The molecule has 0 spiro atoms. The van der Waals surface area contributed by atoms with Gasteiger partial charge in [-0.15, -0.1) is 11.3 Å². The number of carbonyl (C=O) groups excluding carboxylic acids is 1. The van der Waals surface area contributed by atoms with Crippen molar-refractivity contribution in [3.63, 3.8) is 0 Å². The molecule has 0 radical (unpaired) electrons. The lowest BCUT2D eigenvalue weighted by Crippen LogP contribution is -2.40. The number of aromatic nitrogens is 2. The van der Waals surface area contributed by atoms with Crippen LogP contribution in [0.25, 0.3) is 0 Å². The number of thiophene rings is 1. The third-order valence-corrected chi connectivity index (χ3v) is 6.95. The van der Waals surface area contributed by atoms with E-state index in [0.717, 1.165) is 19.3 Å². The predicted molar refractivity (Wildman–Crippen MR) is 117 cm³/mol. The number of rotatable bonds is 3. The maximum atomic E-state index is 12.7. The number of hydrogen-bond acceptors (Lipinski definition) is 4. The third-order valence-electron chi connectivity index (χ3n) is 5.71. The summed E-state index contributed by atoms with van der Waals surface area (Å²) in [4.78, 5) is 41.2. The van der Waals surface area contributed by atoms with Crippen LogP contribution in [0.15, 0.2) is 21.9 Å². The lowest BCUT2D eigenvalue weighted by molar-refractivity contribution is 0.0954. The van der Waals surface area contributed by atoms with E-state index in [0.29, 0.717) is 16.4 Å². The van der Waals surface area contributed by atoms with Gasteiger partial charge >= 0.3 is 5.69 Å². The first-order chi connectivity index (χ1) is 13.4. The molecule has 0 aromatic carbocycles. The van der Waals surface area contributed by atoms with Crippen LogP contribution in [-0.4, -0.2) is 15.5 Å². The zero-order chi connectivity index (χ0) is 21.6. The van der Waals surface area contributed by atoms with Crippen LogP contribution >= 0.6 is 11.3 Å². The highest BCUT2D eigenvalue weighted by molar-refractivity contribution is 7.14. The Morgan fingerprint density at radius 3 is 2.55 bits per heavy atom. The molecule has 2 aromatic rings. The van der Waals surface area contributed by atoms with E-state index in [2.05, 4.69) is 31.1 Å². The average Bonchev–Trinajstić information content (AvgIpc) is 3.02. The van der Waals surface area contributed by atoms with Gasteiger partial charge in [-0.25, -0.2) is 4.79 Å². The van der Waals surface area contributed by atoms with Crippen molar-refractivity contribution >= 4 is 17.2 Å². The Labute approximate surface area is 175 Å². The van der Waals surface area contributed by atoms with Crippen molar-refractivity contribution in [2.75, 3.05) is 0 Å². The summed E-state index contributed by atoms with van der Waals surface area (Å²) in [6.45, 7) is 12.6. The highest BCUT2D eigenvalue weighted by atomic mass is 32.1. The molecule has 3 rings (SSSR count). The molecule has 0 fully saturated rings. The molecular formula is C22H31N3O3S. The summed E-state index contributed by atoms with van der Waals surface area (Å²) < 4.78 is 1.48. The van der Waals surface area contributed by atoms with E-state index in [-0.39, 0.29) is 17.9 Å². The van der Waals surface area contributed by atoms with Crippen LogP contribution in [0.1, 0.15) is 73.6 Å². The van der Waals surface area contributed by atoms with E-state index in [1.165, 1.54) is 21.2 Å². The maximum absolute atomic E-state index is 12.7. The van der Waals surface area contributed by atoms with Gasteiger partial charge < -0.3 is 5.32 Å². The number of amides is 1. The summed E-state index contributed by atoms with van der Waals surface area (Å²) in [5.41, 5.74) is 0.536. The number of aromatic amines is 1. The number of carbonyl (C=O) groups is 1. The van der Waals surface area contributed by atoms with Gasteiger partial charge in [-0.3, -0.25) is 19.1 Å². The number of H-pyrrole nitrogens is 1. The summed E-state index contributed by atoms with van der Waals surface area (Å²) in [7, 11) is 0. The fraction of sp³-hybridized carbons (Fsp3) is 0.591. The van der Waals surface area contributed by atoms with Crippen molar-refractivity contribution in [2.45, 2.75) is 72.9 Å². The second-order valence-electron chi connectivity index (χ2n) is 10.0. The lowest BCUT2D eigenvalue weighted by Gasteiger charge is -2.33. The first-order valence-corrected chi connectivity index (χ1v) is 10.9. The predicted octanol–water partition coefficient (Wildman–Crippen LogP) is 3.43. The Morgan fingerprint density at radius 1 is 1.24 bits per heavy atom. The Balaban J connectivity index is 1.74. The van der Waals surface area contributed by atoms with Crippen molar-refractivity contribution < 1.29 is 4.79 Å². The van der Waals surface area contributed by atoms with Crippen molar-refractivity contribution in [3.8, 4) is 0 Å². The molecule has 0 saturated carbocycles. The first-order valence-electron chi connectivity index (χ1n) is 10.1. The Kier molecular flexibility index (Phi) is 5.64. The van der Waals surface area contributed by atoms with Gasteiger partial charge in [-0.2, -0.15) is 0 Å². The minimum atomic E-state index is -0.464. The van der Waals surface area contributed by atoms with Crippen LogP contribution in [-0.2, 0) is 24.9 Å². The fourth-order valence-corrected chi connectivity index (χ4v) is 4.90. The Bertz CT molecular complexity index is 1030. The molecular weight excluding hydrogens is 386 g/mol. The largest absolute Gasteiger partial charge is 0.347 e. The van der Waals surface area contributed by atoms with Crippen LogP contribution < -0.4 is 16.6 Å². The van der Waals surface area contributed by atoms with Crippen LogP contribution in [0.4, 0.5) is 0 Å². The molecule has 6 nitrogen and oxygen atoms in total. The SMILES string of the molecule is CC(C)(C)C1CCc2sc(C(=O)NCc3cn(C(C)(C)C)c(=O)[nH]c3=O)cc2C1. The summed E-state index contributed by atoms with van der Waals surface area (Å²) >= 11 is 1.55. The van der Waals surface area contributed by atoms with Gasteiger partial charge in [-0.1, -0.05) is 20.8 Å². The van der Waals surface area contributed by atoms with E-state index in [1.54, 1.807) is 11.3 Å². The van der Waals surface area contributed by atoms with Gasteiger partial charge in [0.05, 0.1) is 17.0 Å². The normalized spacial score (nSPS) is 17.1. The van der Waals surface area contributed by atoms with Gasteiger partial charge in [-0.05, 0) is 63.0 Å². The first kappa shape index (κ1) is 21.6. The van der Waals surface area contributed by atoms with Gasteiger partial charge in [0.15, 0.2) is 0 Å². The molecule has 1 amide bonds. The topological polar surface area (TPSA) is 84.0 Å². The Morgan fingerprint density at radius 2 is 1.93 bits per heavy atom. The zero-order valence-electron chi connectivity index (χ0n) is 18.1. The molecule has 1 atom stereocenters. The molecule has 1 unspecified atom stereocenters. The fourth-order valence-electron chi connectivity index (χ4n) is 3.77. The van der Waals surface area contributed by atoms with E-state index in [1.807, 2.05) is 26.8 Å². The molecule has 2 heterocycles. The minimum absolute atomic E-state index is 0.0811. The van der Waals surface area contributed by atoms with E-state index in [4.69, 9.17) is 0 Å². The molecule has 0 bridgehead atoms. The molecule has 2 aromatic heterocycles. The second kappa shape index (κ2) is 7.59. The second-order valence-corrected chi connectivity index (χ2v) is 11.1. The molecule has 0 saturated heterocycles. The van der Waals surface area contributed by atoms with Crippen LogP contribution in [0.5, 0.6) is 0 Å². The number of aryl methyl sites for hydroxylation is 1. The minimum Gasteiger partial charge on any atom is -0.347 e. The van der Waals surface area contributed by atoms with Gasteiger partial charge in [0.1, 0.15) is 0 Å². The zero-order valence-corrected chi connectivity index (χ0v) is 19.0. The highest BCUT2D eigenvalue weighted by Gasteiger charge is 2.30. The van der Waals surface area contributed by atoms with E-state index < -0.39 is 16.8 Å². The van der Waals surface area contributed by atoms with E-state index in [9.17, 15) is 14.4 Å². The number of nitrogens with zero attached hydrogens (tertiary/aromatic N) is 1. The quantitative estimate of drug-likeness (QED) is 0.802. The molecule has 7 heteroatoms. The summed E-state index contributed by atoms with van der Waals surface area (Å²) in [6, 6.07) is 2.01. The smallest absolute Gasteiger partial charge is 0.328 e. The summed E-state index contributed by atoms with van der Waals surface area (Å²) in [5, 5.41) is 2.84. The molecule has 1 aliphatic rings. The lowest BCUT2D eigenvalue weighted by atomic mass is 9.72. The molecule has 1 aliphatic carbocycles. The van der Waals surface area contributed by atoms with Gasteiger partial charge in [0.2, 0.25) is 0 Å². The summed E-state index contributed by atoms with van der Waals surface area (Å²) in [5.74, 6) is 0.446. The standard InChI is InChI=1S/C22H31N3O3S/c1-21(2,3)15-7-8-16-13(9-15)10-17(29-16)19(27)23-11-14-12-25(22(4,5)6)20(28)24-18(14)26/h10,12,15H,7-9,11H2,1-6H3,(H,23,27)(H,24,26,28). The number of hydrogen-bond donors (Lipinski definition) is 2. The summed E-state index contributed by atoms with van der Waals surface area (Å²) in [6.07, 6.45) is 4.72. The maximum Gasteiger partial charge on any atom is 0.328 e. The molecule has 0 aliphatic heterocycles. The van der Waals surface area contributed by atoms with E-state index >= 15 is 0 Å². The molecule has 2 N–H and O–H groups in total. The van der Waals surface area contributed by atoms with Crippen molar-refractivity contribution in [1.82, 2.24) is 14.9 Å². The number of nitrogens with one attached hydrogen (secondary N) is 2. The van der Waals surface area contributed by atoms with Gasteiger partial charge in [0, 0.05) is 16.6 Å². The van der Waals surface area contributed by atoms with Gasteiger partial charge in [0.25, 0.3) is 11.5 Å². The van der Waals surface area contributed by atoms with Crippen LogP contribution in [0.3, 0.4) is 0 Å². The van der Waals surface area contributed by atoms with Crippen LogP contribution in [0, 0.1) is 11.3 Å². The highest BCUT2D eigenvalue weighted by Crippen LogP contribution is 2.40. The third kappa shape index (κ3) is 4.71. The molecule has 29 heavy (non-hydrogen) atoms. The average molecular weight is 418 g/mol. The van der Waals surface area contributed by atoms with Crippen molar-refractivity contribution in [2.24, 2.45) is 11.3 Å². The van der Waals surface area contributed by atoms with Crippen molar-refractivity contribution in [1.29, 1.82) is 0 Å². The number of fused-ring (bicyclic) bond motifs is 1. The van der Waals surface area contributed by atoms with Crippen LogP contribution in [0.2, 0.25) is 0 Å².